The summed E-state index contributed by atoms with van der Waals surface area (Å²) in [7, 11) is 0. The third-order valence-electron chi connectivity index (χ3n) is 8.55. The fourth-order valence-electron chi connectivity index (χ4n) is 5.87. The van der Waals surface area contributed by atoms with Crippen molar-refractivity contribution >= 4 is 33.9 Å². The number of rotatable bonds is 10. The molecule has 3 heterocycles. The van der Waals surface area contributed by atoms with Crippen molar-refractivity contribution < 1.29 is 22.7 Å². The molecule has 0 radical (unpaired) electrons. The molecule has 2 aromatic heterocycles. The number of nitrogens with zero attached hydrogens (tertiary/aromatic N) is 5. The van der Waals surface area contributed by atoms with Gasteiger partial charge in [-0.2, -0.15) is 28.1 Å². The summed E-state index contributed by atoms with van der Waals surface area (Å²) in [5.74, 6) is -0.815. The lowest BCUT2D eigenvalue weighted by Gasteiger charge is -2.32. The van der Waals surface area contributed by atoms with Crippen LogP contribution in [-0.4, -0.2) is 31.8 Å². The zero-order chi connectivity index (χ0) is 34.3. The molecule has 1 aliphatic carbocycles. The smallest absolute Gasteiger partial charge is 0.377 e. The Morgan fingerprint density at radius 3 is 2.54 bits per heavy atom. The Hall–Kier alpha value is -5.15. The number of hydrogen-bond donors (Lipinski definition) is 5. The number of hydrazine groups is 2. The van der Waals surface area contributed by atoms with E-state index in [1.54, 1.807) is 6.07 Å². The van der Waals surface area contributed by atoms with Crippen LogP contribution in [0.15, 0.2) is 72.7 Å². The van der Waals surface area contributed by atoms with Crippen LogP contribution in [0.1, 0.15) is 54.1 Å². The van der Waals surface area contributed by atoms with Gasteiger partial charge in [0.2, 0.25) is 11.7 Å². The van der Waals surface area contributed by atoms with E-state index in [0.29, 0.717) is 23.0 Å². The number of fused-ring (bicyclic) bond motifs is 1. The summed E-state index contributed by atoms with van der Waals surface area (Å²) in [6.07, 6.45) is -1.73. The van der Waals surface area contributed by atoms with Crippen LogP contribution < -0.4 is 21.6 Å². The summed E-state index contributed by atoms with van der Waals surface area (Å²) >= 11 is 6.72. The first-order chi connectivity index (χ1) is 22.9. The summed E-state index contributed by atoms with van der Waals surface area (Å²) in [6, 6.07) is 18.6. The van der Waals surface area contributed by atoms with Gasteiger partial charge in [0.15, 0.2) is 5.54 Å². The van der Waals surface area contributed by atoms with E-state index < -0.39 is 23.4 Å². The summed E-state index contributed by atoms with van der Waals surface area (Å²) in [5.41, 5.74) is 2.61. The van der Waals surface area contributed by atoms with Gasteiger partial charge in [0.05, 0.1) is 33.9 Å². The Labute approximate surface area is 277 Å². The Kier molecular flexibility index (Phi) is 8.51. The van der Waals surface area contributed by atoms with Gasteiger partial charge in [-0.1, -0.05) is 41.9 Å². The Balaban J connectivity index is 1.46. The van der Waals surface area contributed by atoms with E-state index >= 15 is 0 Å². The number of benzene rings is 2. The third kappa shape index (κ3) is 5.90. The first kappa shape index (κ1) is 32.8. The van der Waals surface area contributed by atoms with Crippen LogP contribution >= 0.6 is 11.6 Å². The summed E-state index contributed by atoms with van der Waals surface area (Å²) in [5, 5.41) is 39.4. The van der Waals surface area contributed by atoms with Gasteiger partial charge in [-0.3, -0.25) is 9.99 Å². The Morgan fingerprint density at radius 2 is 1.90 bits per heavy atom. The van der Waals surface area contributed by atoms with Crippen molar-refractivity contribution in [3.05, 3.63) is 106 Å². The topological polar surface area (TPSA) is 145 Å². The molecular formula is C33H28ClF4N9O. The van der Waals surface area contributed by atoms with Gasteiger partial charge in [0.25, 0.3) is 0 Å². The number of aryl methyl sites for hydroxylation is 1. The SMILES string of the molecule is Cc1nc(F)ccc1C(O)(Nc1cc(Cl)c2ncc(C#N)c(N[C@H](CCC#N)c3ccccc3)c2c1)C1=CN(C2(C(F)(F)F)CC2)NN1. The summed E-state index contributed by atoms with van der Waals surface area (Å²) < 4.78 is 56.0. The van der Waals surface area contributed by atoms with Crippen molar-refractivity contribution in [2.75, 3.05) is 10.6 Å². The molecule has 0 saturated heterocycles. The lowest BCUT2D eigenvalue weighted by Crippen LogP contribution is -2.53. The van der Waals surface area contributed by atoms with E-state index in [2.05, 4.69) is 43.7 Å². The first-order valence-corrected chi connectivity index (χ1v) is 15.2. The van der Waals surface area contributed by atoms with Gasteiger partial charge in [0, 0.05) is 41.1 Å². The quantitative estimate of drug-likeness (QED) is 0.0709. The number of nitrogens with one attached hydrogen (secondary N) is 4. The largest absolute Gasteiger partial charge is 0.413 e. The highest BCUT2D eigenvalue weighted by molar-refractivity contribution is 6.35. The van der Waals surface area contributed by atoms with E-state index in [9.17, 15) is 33.2 Å². The third-order valence-corrected chi connectivity index (χ3v) is 8.84. The highest BCUT2D eigenvalue weighted by Crippen LogP contribution is 2.54. The van der Waals surface area contributed by atoms with Gasteiger partial charge >= 0.3 is 6.18 Å². The van der Waals surface area contributed by atoms with E-state index in [0.717, 1.165) is 22.8 Å². The van der Waals surface area contributed by atoms with Gasteiger partial charge < -0.3 is 21.2 Å². The Bertz CT molecular complexity index is 1990. The molecule has 0 spiro atoms. The molecule has 1 saturated carbocycles. The Morgan fingerprint density at radius 1 is 1.15 bits per heavy atom. The molecule has 4 aromatic rings. The van der Waals surface area contributed by atoms with E-state index in [4.69, 9.17) is 11.6 Å². The fourth-order valence-corrected chi connectivity index (χ4v) is 6.14. The number of hydrogen-bond acceptors (Lipinski definition) is 10. The number of alkyl halides is 3. The lowest BCUT2D eigenvalue weighted by atomic mass is 9.97. The molecule has 48 heavy (non-hydrogen) atoms. The van der Waals surface area contributed by atoms with Gasteiger partial charge in [-0.15, -0.1) is 5.53 Å². The van der Waals surface area contributed by atoms with Crippen LogP contribution in [0.3, 0.4) is 0 Å². The number of aliphatic hydroxyl groups is 1. The van der Waals surface area contributed by atoms with Crippen molar-refractivity contribution in [3.8, 4) is 12.1 Å². The zero-order valence-electron chi connectivity index (χ0n) is 25.3. The van der Waals surface area contributed by atoms with Gasteiger partial charge in [0.1, 0.15) is 11.8 Å². The molecular weight excluding hydrogens is 650 g/mol. The first-order valence-electron chi connectivity index (χ1n) is 14.8. The molecule has 2 aromatic carbocycles. The van der Waals surface area contributed by atoms with Crippen LogP contribution in [0.5, 0.6) is 0 Å². The van der Waals surface area contributed by atoms with E-state index in [-0.39, 0.29) is 58.5 Å². The fraction of sp³-hybridized carbons (Fsp3) is 0.273. The average molecular weight is 678 g/mol. The number of halogens is 5. The average Bonchev–Trinajstić information content (AvgIpc) is 3.73. The molecule has 1 aliphatic heterocycles. The lowest BCUT2D eigenvalue weighted by molar-refractivity contribution is -0.195. The van der Waals surface area contributed by atoms with Crippen molar-refractivity contribution in [2.24, 2.45) is 0 Å². The van der Waals surface area contributed by atoms with Gasteiger partial charge in [-0.25, -0.2) is 4.98 Å². The minimum absolute atomic E-state index is 0.0438. The zero-order valence-corrected chi connectivity index (χ0v) is 26.1. The maximum atomic E-state index is 14.1. The highest BCUT2D eigenvalue weighted by Gasteiger charge is 2.68. The molecule has 0 bridgehead atoms. The second-order valence-electron chi connectivity index (χ2n) is 11.6. The molecule has 1 unspecified atom stereocenters. The second kappa shape index (κ2) is 12.5. The van der Waals surface area contributed by atoms with Crippen LogP contribution in [0.25, 0.3) is 10.9 Å². The highest BCUT2D eigenvalue weighted by atomic mass is 35.5. The second-order valence-corrected chi connectivity index (χ2v) is 12.0. The number of nitriles is 2. The molecule has 1 fully saturated rings. The van der Waals surface area contributed by atoms with Gasteiger partial charge in [-0.05, 0) is 56.0 Å². The molecule has 0 amide bonds. The van der Waals surface area contributed by atoms with Crippen LogP contribution in [-0.2, 0) is 5.72 Å². The molecule has 2 aliphatic rings. The minimum Gasteiger partial charge on any atom is -0.377 e. The van der Waals surface area contributed by atoms with Crippen LogP contribution in [0, 0.1) is 35.5 Å². The van der Waals surface area contributed by atoms with Crippen molar-refractivity contribution in [2.45, 2.75) is 56.1 Å². The number of pyridine rings is 2. The molecule has 246 valence electrons. The maximum absolute atomic E-state index is 14.1. The minimum atomic E-state index is -4.56. The predicted octanol–water partition coefficient (Wildman–Crippen LogP) is 6.58. The van der Waals surface area contributed by atoms with Crippen molar-refractivity contribution in [1.29, 1.82) is 10.5 Å². The normalized spacial score (nSPS) is 17.0. The standard InChI is InChI=1S/C33H28ClF4N9O/c1-19-24(9-10-28(35)42-19)32(48,27-18-47(46-45-27)31(11-12-31)33(36,37)38)44-22-14-23-29(21(16-40)17-41-30(23)25(34)15-22)43-26(8-5-13-39)20-6-3-2-4-7-20/h2-4,6-7,9-10,14-15,17-18,26,44-46,48H,5,8,11-12H2,1H3,(H,41,43)/t26-,32?/m1/s1. The molecule has 2 atom stereocenters. The summed E-state index contributed by atoms with van der Waals surface area (Å²) in [6.45, 7) is 1.45. The van der Waals surface area contributed by atoms with E-state index in [1.807, 2.05) is 30.3 Å². The van der Waals surface area contributed by atoms with Crippen molar-refractivity contribution in [1.82, 2.24) is 25.9 Å². The van der Waals surface area contributed by atoms with E-state index in [1.165, 1.54) is 25.3 Å². The molecule has 15 heteroatoms. The van der Waals surface area contributed by atoms with Crippen LogP contribution in [0.2, 0.25) is 5.02 Å². The molecule has 5 N–H and O–H groups in total. The predicted molar refractivity (Wildman–Crippen MR) is 170 cm³/mol. The molecule has 10 nitrogen and oxygen atoms in total. The molecule has 6 rings (SSSR count). The summed E-state index contributed by atoms with van der Waals surface area (Å²) in [4.78, 5) is 8.20. The number of aromatic nitrogens is 2. The van der Waals surface area contributed by atoms with Crippen LogP contribution in [0.4, 0.5) is 28.9 Å². The van der Waals surface area contributed by atoms with Crippen molar-refractivity contribution in [3.63, 3.8) is 0 Å². The number of anilines is 2. The maximum Gasteiger partial charge on any atom is 0.413 e. The monoisotopic (exact) mass is 677 g/mol.